The summed E-state index contributed by atoms with van der Waals surface area (Å²) in [6.07, 6.45) is 2.52. The smallest absolute Gasteiger partial charge is 0.120 e. The summed E-state index contributed by atoms with van der Waals surface area (Å²) in [6.45, 7) is 12.3. The summed E-state index contributed by atoms with van der Waals surface area (Å²) in [5, 5.41) is 4.39. The molecule has 1 aliphatic carbocycles. The molecule has 0 aliphatic heterocycles. The number of halogens is 1. The fourth-order valence-electron chi connectivity index (χ4n) is 5.79. The highest BCUT2D eigenvalue weighted by atomic mass is 79.9. The Morgan fingerprint density at radius 3 is 1.46 bits per heavy atom. The van der Waals surface area contributed by atoms with Crippen LogP contribution in [0.4, 0.5) is 0 Å². The Bertz CT molecular complexity index is 1130. The van der Waals surface area contributed by atoms with E-state index in [0.717, 1.165) is 0 Å². The van der Waals surface area contributed by atoms with Crippen molar-refractivity contribution in [1.82, 2.24) is 0 Å². The monoisotopic (exact) mass is 562 g/mol. The lowest BCUT2D eigenvalue weighted by Gasteiger charge is -2.39. The van der Waals surface area contributed by atoms with Crippen LogP contribution in [-0.2, 0) is 10.8 Å². The first-order chi connectivity index (χ1) is 16.3. The maximum absolute atomic E-state index is 2.59. The van der Waals surface area contributed by atoms with Crippen LogP contribution in [0.25, 0.3) is 0 Å². The van der Waals surface area contributed by atoms with Crippen LogP contribution in [-0.4, -0.2) is 0 Å². The molecule has 0 bridgehead atoms. The van der Waals surface area contributed by atoms with Gasteiger partial charge in [-0.2, -0.15) is 0 Å². The first-order valence-electron chi connectivity index (χ1n) is 12.5. The summed E-state index contributed by atoms with van der Waals surface area (Å²) in [5.41, 5.74) is 2.47. The summed E-state index contributed by atoms with van der Waals surface area (Å²) in [7, 11) is -1.95. The SMILES string of the molecule is CC(c1cc2c(s1)C(C)(C)CCC2(C)C)[P+](c1ccccc1)(c1ccccc1)c1ccccc1.[Br-]. The second-order valence-electron chi connectivity index (χ2n) is 11.1. The zero-order chi connectivity index (χ0) is 24.0. The van der Waals surface area contributed by atoms with Gasteiger partial charge in [0.1, 0.15) is 28.8 Å². The molecule has 1 aliphatic rings. The number of hydrogen-bond acceptors (Lipinski definition) is 1. The minimum absolute atomic E-state index is 0. The Kier molecular flexibility index (Phi) is 7.50. The first kappa shape index (κ1) is 26.3. The van der Waals surface area contributed by atoms with Crippen LogP contribution in [0.15, 0.2) is 97.1 Å². The summed E-state index contributed by atoms with van der Waals surface area (Å²) in [4.78, 5) is 3.15. The Morgan fingerprint density at radius 1 is 0.657 bits per heavy atom. The molecule has 5 rings (SSSR count). The van der Waals surface area contributed by atoms with Crippen molar-refractivity contribution in [1.29, 1.82) is 0 Å². The summed E-state index contributed by atoms with van der Waals surface area (Å²) in [6, 6.07) is 36.5. The van der Waals surface area contributed by atoms with Crippen LogP contribution in [0.3, 0.4) is 0 Å². The van der Waals surface area contributed by atoms with Crippen molar-refractivity contribution >= 4 is 34.5 Å². The number of fused-ring (bicyclic) bond motifs is 1. The minimum atomic E-state index is -1.95. The van der Waals surface area contributed by atoms with Crippen LogP contribution >= 0.6 is 18.6 Å². The molecule has 35 heavy (non-hydrogen) atoms. The predicted octanol–water partition coefficient (Wildman–Crippen LogP) is 5.16. The second kappa shape index (κ2) is 9.97. The van der Waals surface area contributed by atoms with Crippen LogP contribution in [0.2, 0.25) is 0 Å². The van der Waals surface area contributed by atoms with E-state index < -0.39 is 7.26 Å². The van der Waals surface area contributed by atoms with Crippen LogP contribution in [0.5, 0.6) is 0 Å². The van der Waals surface area contributed by atoms with Gasteiger partial charge in [-0.25, -0.2) is 0 Å². The Labute approximate surface area is 226 Å². The van der Waals surface area contributed by atoms with Gasteiger partial charge < -0.3 is 17.0 Å². The van der Waals surface area contributed by atoms with Crippen LogP contribution < -0.4 is 32.9 Å². The highest BCUT2D eigenvalue weighted by molar-refractivity contribution is 7.96. The van der Waals surface area contributed by atoms with Gasteiger partial charge in [-0.3, -0.25) is 0 Å². The third-order valence-corrected chi connectivity index (χ3v) is 14.6. The topological polar surface area (TPSA) is 0 Å². The van der Waals surface area contributed by atoms with Crippen molar-refractivity contribution < 1.29 is 17.0 Å². The third kappa shape index (κ3) is 4.48. The maximum atomic E-state index is 2.59. The lowest BCUT2D eigenvalue weighted by molar-refractivity contribution is -0.00000721. The second-order valence-corrected chi connectivity index (χ2v) is 15.9. The molecular formula is C32H36BrPS. The lowest BCUT2D eigenvalue weighted by Crippen LogP contribution is -3.00. The standard InChI is InChI=1S/C32H36PS.BrH/c1-24(29-23-28-30(34-29)32(4,5)22-21-31(28,2)3)33(25-15-9-6-10-16-25,26-17-11-7-12-18-26)27-19-13-8-14-20-27;/h6-20,23-24H,21-22H2,1-5H3;1H/q+1;/p-1. The molecule has 1 heterocycles. The number of thiophene rings is 1. The van der Waals surface area contributed by atoms with E-state index in [1.165, 1.54) is 33.6 Å². The molecule has 0 saturated carbocycles. The van der Waals surface area contributed by atoms with Crippen molar-refractivity contribution in [2.24, 2.45) is 0 Å². The van der Waals surface area contributed by atoms with Crippen molar-refractivity contribution in [2.75, 3.05) is 0 Å². The summed E-state index contributed by atoms with van der Waals surface area (Å²) < 4.78 is 0. The van der Waals surface area contributed by atoms with Gasteiger partial charge >= 0.3 is 0 Å². The Morgan fingerprint density at radius 2 is 1.06 bits per heavy atom. The summed E-state index contributed by atoms with van der Waals surface area (Å²) >= 11 is 2.09. The van der Waals surface area contributed by atoms with Gasteiger partial charge in [0.2, 0.25) is 0 Å². The number of rotatable bonds is 5. The van der Waals surface area contributed by atoms with Gasteiger partial charge in [0.25, 0.3) is 0 Å². The lowest BCUT2D eigenvalue weighted by atomic mass is 9.67. The van der Waals surface area contributed by atoms with E-state index in [1.54, 1.807) is 10.4 Å². The van der Waals surface area contributed by atoms with Gasteiger partial charge in [-0.15, -0.1) is 11.3 Å². The fraction of sp³-hybridized carbons (Fsp3) is 0.312. The maximum Gasteiger partial charge on any atom is 0.120 e. The normalized spacial score (nSPS) is 17.2. The molecule has 0 fully saturated rings. The molecule has 0 radical (unpaired) electrons. The molecule has 0 saturated heterocycles. The minimum Gasteiger partial charge on any atom is -1.00 e. The van der Waals surface area contributed by atoms with E-state index >= 15 is 0 Å². The average Bonchev–Trinajstić information content (AvgIpc) is 3.33. The van der Waals surface area contributed by atoms with Gasteiger partial charge in [-0.1, -0.05) is 82.3 Å². The molecule has 3 aromatic carbocycles. The van der Waals surface area contributed by atoms with Gasteiger partial charge in [0.15, 0.2) is 0 Å². The summed E-state index contributed by atoms with van der Waals surface area (Å²) in [5.74, 6) is 0. The average molecular weight is 564 g/mol. The Balaban J connectivity index is 0.00000289. The van der Waals surface area contributed by atoms with Gasteiger partial charge in [0, 0.05) is 9.75 Å². The molecule has 0 spiro atoms. The molecule has 0 amide bonds. The first-order valence-corrected chi connectivity index (χ1v) is 15.1. The van der Waals surface area contributed by atoms with Crippen molar-refractivity contribution in [2.45, 2.75) is 63.9 Å². The fourth-order valence-corrected chi connectivity index (χ4v) is 12.5. The zero-order valence-electron chi connectivity index (χ0n) is 21.5. The van der Waals surface area contributed by atoms with Crippen molar-refractivity contribution in [3.8, 4) is 0 Å². The van der Waals surface area contributed by atoms with Crippen LogP contribution in [0.1, 0.15) is 68.4 Å². The molecule has 1 unspecified atom stereocenters. The van der Waals surface area contributed by atoms with E-state index in [9.17, 15) is 0 Å². The zero-order valence-corrected chi connectivity index (χ0v) is 24.8. The van der Waals surface area contributed by atoms with Crippen LogP contribution in [0, 0.1) is 0 Å². The van der Waals surface area contributed by atoms with E-state index in [-0.39, 0.29) is 27.8 Å². The van der Waals surface area contributed by atoms with Gasteiger partial charge in [0.05, 0.1) is 0 Å². The van der Waals surface area contributed by atoms with Crippen molar-refractivity contribution in [3.05, 3.63) is 112 Å². The molecule has 1 aromatic heterocycles. The molecular weight excluding hydrogens is 527 g/mol. The predicted molar refractivity (Wildman–Crippen MR) is 153 cm³/mol. The van der Waals surface area contributed by atoms with E-state index in [0.29, 0.717) is 5.66 Å². The molecule has 182 valence electrons. The van der Waals surface area contributed by atoms with E-state index in [4.69, 9.17) is 0 Å². The number of benzene rings is 3. The Hall–Kier alpha value is -1.73. The molecule has 0 N–H and O–H groups in total. The molecule has 1 atom stereocenters. The molecule has 3 heteroatoms. The third-order valence-electron chi connectivity index (χ3n) is 7.95. The largest absolute Gasteiger partial charge is 1.00 e. The molecule has 4 aromatic rings. The van der Waals surface area contributed by atoms with E-state index in [2.05, 4.69) is 143 Å². The number of hydrogen-bond donors (Lipinski definition) is 0. The highest BCUT2D eigenvalue weighted by Gasteiger charge is 2.52. The highest BCUT2D eigenvalue weighted by Crippen LogP contribution is 2.68. The van der Waals surface area contributed by atoms with Crippen molar-refractivity contribution in [3.63, 3.8) is 0 Å². The van der Waals surface area contributed by atoms with E-state index in [1.807, 2.05) is 0 Å². The molecule has 0 nitrogen and oxygen atoms in total. The quantitative estimate of drug-likeness (QED) is 0.295. The van der Waals surface area contributed by atoms with Gasteiger partial charge in [-0.05, 0) is 78.6 Å².